The Labute approximate surface area is 172 Å². The summed E-state index contributed by atoms with van der Waals surface area (Å²) in [6.45, 7) is 3.40. The van der Waals surface area contributed by atoms with Gasteiger partial charge in [0.2, 0.25) is 0 Å². The molecule has 1 aliphatic heterocycles. The van der Waals surface area contributed by atoms with Crippen LogP contribution in [0.15, 0.2) is 42.5 Å². The second-order valence-corrected chi connectivity index (χ2v) is 8.20. The third-order valence-electron chi connectivity index (χ3n) is 5.90. The highest BCUT2D eigenvalue weighted by Crippen LogP contribution is 2.25. The molecule has 0 aromatic heterocycles. The van der Waals surface area contributed by atoms with E-state index >= 15 is 0 Å². The number of ether oxygens (including phenoxy) is 2. The maximum Gasteiger partial charge on any atom is 0.251 e. The summed E-state index contributed by atoms with van der Waals surface area (Å²) in [6.07, 6.45) is 5.13. The number of hydrogen-bond donors (Lipinski definition) is 2. The Morgan fingerprint density at radius 2 is 2.03 bits per heavy atom. The first-order chi connectivity index (χ1) is 14.1. The summed E-state index contributed by atoms with van der Waals surface area (Å²) in [5, 5.41) is 3.19. The average Bonchev–Trinajstić information content (AvgIpc) is 3.26. The molecular weight excluding hydrogens is 364 g/mol. The van der Waals surface area contributed by atoms with Gasteiger partial charge in [-0.2, -0.15) is 0 Å². The highest BCUT2D eigenvalue weighted by atomic mass is 16.5. The molecule has 3 N–H and O–H groups in total. The largest absolute Gasteiger partial charge is 0.491 e. The quantitative estimate of drug-likeness (QED) is 0.786. The van der Waals surface area contributed by atoms with Crippen molar-refractivity contribution < 1.29 is 14.3 Å². The van der Waals surface area contributed by atoms with Crippen molar-refractivity contribution in [1.29, 1.82) is 0 Å². The van der Waals surface area contributed by atoms with Gasteiger partial charge in [0.25, 0.3) is 5.91 Å². The molecule has 154 valence electrons. The number of rotatable bonds is 6. The van der Waals surface area contributed by atoms with Gasteiger partial charge in [-0.3, -0.25) is 4.79 Å². The summed E-state index contributed by atoms with van der Waals surface area (Å²) >= 11 is 0. The van der Waals surface area contributed by atoms with Gasteiger partial charge in [-0.25, -0.2) is 0 Å². The van der Waals surface area contributed by atoms with E-state index in [1.54, 1.807) is 0 Å². The fourth-order valence-corrected chi connectivity index (χ4v) is 4.12. The molecule has 5 nitrogen and oxygen atoms in total. The molecule has 0 spiro atoms. The molecule has 1 aliphatic carbocycles. The molecule has 3 atom stereocenters. The average molecular weight is 395 g/mol. The van der Waals surface area contributed by atoms with Crippen LogP contribution in [0.5, 0.6) is 5.75 Å². The summed E-state index contributed by atoms with van der Waals surface area (Å²) in [4.78, 5) is 12.7. The first kappa shape index (κ1) is 19.9. The monoisotopic (exact) mass is 394 g/mol. The lowest BCUT2D eigenvalue weighted by Gasteiger charge is -2.26. The van der Waals surface area contributed by atoms with Gasteiger partial charge in [-0.1, -0.05) is 18.2 Å². The lowest BCUT2D eigenvalue weighted by molar-refractivity contribution is 0.0679. The first-order valence-corrected chi connectivity index (χ1v) is 10.6. The second kappa shape index (κ2) is 8.97. The maximum absolute atomic E-state index is 12.7. The zero-order chi connectivity index (χ0) is 20.2. The van der Waals surface area contributed by atoms with Crippen molar-refractivity contribution in [3.8, 4) is 5.75 Å². The first-order valence-electron chi connectivity index (χ1n) is 10.6. The van der Waals surface area contributed by atoms with Gasteiger partial charge < -0.3 is 20.5 Å². The number of nitrogens with two attached hydrogens (primary N) is 1. The Bertz CT molecular complexity index is 842. The normalized spacial score (nSPS) is 22.0. The molecule has 4 rings (SSSR count). The topological polar surface area (TPSA) is 73.6 Å². The summed E-state index contributed by atoms with van der Waals surface area (Å²) in [7, 11) is 0. The van der Waals surface area contributed by atoms with Crippen LogP contribution in [-0.4, -0.2) is 31.3 Å². The lowest BCUT2D eigenvalue weighted by Crippen LogP contribution is -2.38. The van der Waals surface area contributed by atoms with E-state index in [4.69, 9.17) is 15.2 Å². The number of amides is 1. The molecule has 0 unspecified atom stereocenters. The van der Waals surface area contributed by atoms with Gasteiger partial charge in [0.1, 0.15) is 12.4 Å². The third-order valence-corrected chi connectivity index (χ3v) is 5.90. The standard InChI is InChI=1S/C24H30N2O3/c1-16(25)18-4-5-20-14-21(9-6-19(20)13-18)26-24(27)17-7-10-22(11-8-17)29-15-23-3-2-12-28-23/h4-5,7-8,10-11,13,16,21,23H,2-3,6,9,12,14-15,25H2,1H3,(H,26,27)/t16-,21-,23-/m0/s1. The molecule has 1 amide bonds. The lowest BCUT2D eigenvalue weighted by atomic mass is 9.86. The Morgan fingerprint density at radius 3 is 2.76 bits per heavy atom. The van der Waals surface area contributed by atoms with E-state index in [2.05, 4.69) is 23.5 Å². The van der Waals surface area contributed by atoms with Crippen LogP contribution in [0.1, 0.15) is 59.3 Å². The van der Waals surface area contributed by atoms with Crippen molar-refractivity contribution in [2.75, 3.05) is 13.2 Å². The van der Waals surface area contributed by atoms with Crippen LogP contribution in [0.2, 0.25) is 0 Å². The Morgan fingerprint density at radius 1 is 1.21 bits per heavy atom. The minimum Gasteiger partial charge on any atom is -0.491 e. The highest BCUT2D eigenvalue weighted by Gasteiger charge is 2.21. The maximum atomic E-state index is 12.7. The predicted octanol–water partition coefficient (Wildman–Crippen LogP) is 3.55. The number of fused-ring (bicyclic) bond motifs is 1. The summed E-state index contributed by atoms with van der Waals surface area (Å²) in [5.74, 6) is 0.741. The van der Waals surface area contributed by atoms with E-state index in [-0.39, 0.29) is 24.1 Å². The predicted molar refractivity (Wildman–Crippen MR) is 113 cm³/mol. The summed E-state index contributed by atoms with van der Waals surface area (Å²) in [5.41, 5.74) is 10.5. The zero-order valence-corrected chi connectivity index (χ0v) is 17.0. The van der Waals surface area contributed by atoms with E-state index in [0.717, 1.165) is 44.5 Å². The van der Waals surface area contributed by atoms with Crippen molar-refractivity contribution in [3.63, 3.8) is 0 Å². The number of aryl methyl sites for hydroxylation is 1. The van der Waals surface area contributed by atoms with Crippen molar-refractivity contribution in [1.82, 2.24) is 5.32 Å². The van der Waals surface area contributed by atoms with E-state index < -0.39 is 0 Å². The van der Waals surface area contributed by atoms with Crippen LogP contribution >= 0.6 is 0 Å². The molecule has 2 aliphatic rings. The van der Waals surface area contributed by atoms with Crippen LogP contribution in [0.3, 0.4) is 0 Å². The van der Waals surface area contributed by atoms with E-state index in [1.807, 2.05) is 31.2 Å². The summed E-state index contributed by atoms with van der Waals surface area (Å²) in [6, 6.07) is 14.0. The molecule has 0 saturated carbocycles. The van der Waals surface area contributed by atoms with Crippen LogP contribution in [0.25, 0.3) is 0 Å². The highest BCUT2D eigenvalue weighted by molar-refractivity contribution is 5.94. The smallest absolute Gasteiger partial charge is 0.251 e. The molecule has 1 fully saturated rings. The van der Waals surface area contributed by atoms with Crippen LogP contribution in [-0.2, 0) is 17.6 Å². The van der Waals surface area contributed by atoms with Gasteiger partial charge in [0.15, 0.2) is 0 Å². The van der Waals surface area contributed by atoms with Gasteiger partial charge >= 0.3 is 0 Å². The number of carbonyl (C=O) groups excluding carboxylic acids is 1. The Balaban J connectivity index is 1.31. The summed E-state index contributed by atoms with van der Waals surface area (Å²) < 4.78 is 11.3. The van der Waals surface area contributed by atoms with Gasteiger partial charge in [-0.05, 0) is 80.0 Å². The number of carbonyl (C=O) groups is 1. The number of hydrogen-bond acceptors (Lipinski definition) is 4. The van der Waals surface area contributed by atoms with Gasteiger partial charge in [-0.15, -0.1) is 0 Å². The van der Waals surface area contributed by atoms with Crippen molar-refractivity contribution in [2.24, 2.45) is 5.73 Å². The SMILES string of the molecule is C[C@H](N)c1ccc2c(c1)CC[C@H](NC(=O)c1ccc(OC[C@@H]3CCCO3)cc1)C2. The molecule has 2 aromatic rings. The van der Waals surface area contributed by atoms with Crippen molar-refractivity contribution in [2.45, 2.75) is 57.2 Å². The van der Waals surface area contributed by atoms with Crippen LogP contribution in [0, 0.1) is 0 Å². The minimum absolute atomic E-state index is 0.0312. The third kappa shape index (κ3) is 4.98. The molecule has 0 bridgehead atoms. The zero-order valence-electron chi connectivity index (χ0n) is 17.0. The number of nitrogens with one attached hydrogen (secondary N) is 1. The molecule has 2 aromatic carbocycles. The molecule has 1 heterocycles. The molecule has 0 radical (unpaired) electrons. The van der Waals surface area contributed by atoms with Gasteiger partial charge in [0, 0.05) is 24.3 Å². The minimum atomic E-state index is -0.0312. The van der Waals surface area contributed by atoms with Crippen molar-refractivity contribution >= 4 is 5.91 Å². The fourth-order valence-electron chi connectivity index (χ4n) is 4.12. The van der Waals surface area contributed by atoms with E-state index in [1.165, 1.54) is 16.7 Å². The Kier molecular flexibility index (Phi) is 6.16. The fraction of sp³-hybridized carbons (Fsp3) is 0.458. The Hall–Kier alpha value is -2.37. The number of benzene rings is 2. The van der Waals surface area contributed by atoms with Crippen LogP contribution < -0.4 is 15.8 Å². The van der Waals surface area contributed by atoms with E-state index in [9.17, 15) is 4.79 Å². The van der Waals surface area contributed by atoms with Crippen molar-refractivity contribution in [3.05, 3.63) is 64.7 Å². The molecule has 5 heteroatoms. The van der Waals surface area contributed by atoms with E-state index in [0.29, 0.717) is 12.2 Å². The van der Waals surface area contributed by atoms with Gasteiger partial charge in [0.05, 0.1) is 6.10 Å². The molecule has 1 saturated heterocycles. The molecular formula is C24H30N2O3. The second-order valence-electron chi connectivity index (χ2n) is 8.20. The molecule has 29 heavy (non-hydrogen) atoms. The van der Waals surface area contributed by atoms with Crippen LogP contribution in [0.4, 0.5) is 0 Å².